The summed E-state index contributed by atoms with van der Waals surface area (Å²) in [5.41, 5.74) is 3.51. The van der Waals surface area contributed by atoms with Gasteiger partial charge in [-0.3, -0.25) is 4.98 Å². The minimum Gasteiger partial charge on any atom is -0.341 e. The lowest BCUT2D eigenvalue weighted by atomic mass is 10.0. The molecule has 0 bridgehead atoms. The molecule has 1 aromatic carbocycles. The van der Waals surface area contributed by atoms with Gasteiger partial charge in [0.2, 0.25) is 0 Å². The van der Waals surface area contributed by atoms with E-state index in [0.29, 0.717) is 5.92 Å². The predicted octanol–water partition coefficient (Wildman–Crippen LogP) is 4.53. The van der Waals surface area contributed by atoms with Crippen LogP contribution in [0.1, 0.15) is 43.9 Å². The van der Waals surface area contributed by atoms with Crippen LogP contribution in [0.5, 0.6) is 0 Å². The Morgan fingerprint density at radius 1 is 1.04 bits per heavy atom. The van der Waals surface area contributed by atoms with Crippen molar-refractivity contribution in [2.24, 2.45) is 0 Å². The van der Waals surface area contributed by atoms with Crippen molar-refractivity contribution in [3.05, 3.63) is 59.9 Å². The highest BCUT2D eigenvalue weighted by Gasteiger charge is 2.19. The SMILES string of the molecule is CC(C)c1ccc(NC(=S)N(CCN(C)C)C(C)c2cccnc2)cc1. The van der Waals surface area contributed by atoms with E-state index in [-0.39, 0.29) is 6.04 Å². The largest absolute Gasteiger partial charge is 0.341 e. The van der Waals surface area contributed by atoms with E-state index in [0.717, 1.165) is 29.5 Å². The summed E-state index contributed by atoms with van der Waals surface area (Å²) in [7, 11) is 4.15. The van der Waals surface area contributed by atoms with E-state index >= 15 is 0 Å². The molecule has 0 radical (unpaired) electrons. The van der Waals surface area contributed by atoms with E-state index in [1.807, 2.05) is 12.3 Å². The second-order valence-electron chi connectivity index (χ2n) is 7.17. The van der Waals surface area contributed by atoms with Crippen molar-refractivity contribution < 1.29 is 0 Å². The van der Waals surface area contributed by atoms with Gasteiger partial charge in [0.05, 0.1) is 6.04 Å². The Kier molecular flexibility index (Phi) is 7.54. The maximum absolute atomic E-state index is 5.75. The van der Waals surface area contributed by atoms with Crippen LogP contribution in [0.15, 0.2) is 48.8 Å². The van der Waals surface area contributed by atoms with Gasteiger partial charge in [-0.1, -0.05) is 32.0 Å². The Labute approximate surface area is 163 Å². The van der Waals surface area contributed by atoms with Crippen molar-refractivity contribution >= 4 is 23.0 Å². The topological polar surface area (TPSA) is 31.4 Å². The molecule has 0 fully saturated rings. The molecule has 1 atom stereocenters. The molecular weight excluding hydrogens is 340 g/mol. The van der Waals surface area contributed by atoms with Gasteiger partial charge in [0.25, 0.3) is 0 Å². The lowest BCUT2D eigenvalue weighted by molar-refractivity contribution is 0.289. The first-order chi connectivity index (χ1) is 12.4. The highest BCUT2D eigenvalue weighted by atomic mass is 32.1. The van der Waals surface area contributed by atoms with E-state index in [2.05, 4.69) is 85.3 Å². The van der Waals surface area contributed by atoms with Crippen molar-refractivity contribution in [1.82, 2.24) is 14.8 Å². The monoisotopic (exact) mass is 370 g/mol. The summed E-state index contributed by atoms with van der Waals surface area (Å²) in [6.07, 6.45) is 3.71. The van der Waals surface area contributed by atoms with Crippen LogP contribution in [-0.4, -0.2) is 47.1 Å². The molecule has 140 valence electrons. The highest BCUT2D eigenvalue weighted by Crippen LogP contribution is 2.22. The van der Waals surface area contributed by atoms with Crippen LogP contribution >= 0.6 is 12.2 Å². The Morgan fingerprint density at radius 2 is 1.73 bits per heavy atom. The van der Waals surface area contributed by atoms with Gasteiger partial charge in [0.1, 0.15) is 0 Å². The highest BCUT2D eigenvalue weighted by molar-refractivity contribution is 7.80. The quantitative estimate of drug-likeness (QED) is 0.724. The first-order valence-corrected chi connectivity index (χ1v) is 9.51. The van der Waals surface area contributed by atoms with E-state index in [1.54, 1.807) is 6.20 Å². The third-order valence-electron chi connectivity index (χ3n) is 4.51. The summed E-state index contributed by atoms with van der Waals surface area (Å²) < 4.78 is 0. The van der Waals surface area contributed by atoms with E-state index in [1.165, 1.54) is 5.56 Å². The van der Waals surface area contributed by atoms with E-state index in [9.17, 15) is 0 Å². The molecule has 0 amide bonds. The Balaban J connectivity index is 2.14. The number of thiocarbonyl (C=S) groups is 1. The van der Waals surface area contributed by atoms with Crippen molar-refractivity contribution in [2.45, 2.75) is 32.7 Å². The van der Waals surface area contributed by atoms with E-state index in [4.69, 9.17) is 12.2 Å². The number of hydrogen-bond acceptors (Lipinski definition) is 3. The summed E-state index contributed by atoms with van der Waals surface area (Å²) in [6, 6.07) is 12.7. The average molecular weight is 371 g/mol. The lowest BCUT2D eigenvalue weighted by Gasteiger charge is -2.33. The molecule has 0 saturated carbocycles. The minimum absolute atomic E-state index is 0.151. The standard InChI is InChI=1S/C21H30N4S/c1-16(2)18-8-10-20(11-9-18)23-21(26)25(14-13-24(4)5)17(3)19-7-6-12-22-15-19/h6-12,15-17H,13-14H2,1-5H3,(H,23,26). The third-order valence-corrected chi connectivity index (χ3v) is 4.85. The lowest BCUT2D eigenvalue weighted by Crippen LogP contribution is -2.40. The molecule has 1 aromatic heterocycles. The first kappa shape index (κ1) is 20.3. The first-order valence-electron chi connectivity index (χ1n) is 9.10. The molecule has 0 saturated heterocycles. The van der Waals surface area contributed by atoms with Gasteiger partial charge in [-0.25, -0.2) is 0 Å². The second kappa shape index (κ2) is 9.64. The van der Waals surface area contributed by atoms with Crippen LogP contribution in [0.25, 0.3) is 0 Å². The number of nitrogens with zero attached hydrogens (tertiary/aromatic N) is 3. The van der Waals surface area contributed by atoms with Gasteiger partial charge in [-0.05, 0) is 68.5 Å². The summed E-state index contributed by atoms with van der Waals surface area (Å²) >= 11 is 5.75. The van der Waals surface area contributed by atoms with E-state index < -0.39 is 0 Å². The Hall–Kier alpha value is -1.98. The zero-order chi connectivity index (χ0) is 19.1. The van der Waals surface area contributed by atoms with Crippen molar-refractivity contribution in [3.63, 3.8) is 0 Å². The minimum atomic E-state index is 0.151. The summed E-state index contributed by atoms with van der Waals surface area (Å²) in [4.78, 5) is 8.65. The number of nitrogens with one attached hydrogen (secondary N) is 1. The molecule has 0 aliphatic rings. The van der Waals surface area contributed by atoms with Crippen molar-refractivity contribution in [1.29, 1.82) is 0 Å². The maximum atomic E-state index is 5.75. The Morgan fingerprint density at radius 3 is 2.27 bits per heavy atom. The molecule has 0 spiro atoms. The normalized spacial score (nSPS) is 12.3. The molecule has 1 N–H and O–H groups in total. The smallest absolute Gasteiger partial charge is 0.173 e. The van der Waals surface area contributed by atoms with Gasteiger partial charge in [0, 0.05) is 31.2 Å². The predicted molar refractivity (Wildman–Crippen MR) is 115 cm³/mol. The van der Waals surface area contributed by atoms with Crippen LogP contribution in [0.4, 0.5) is 5.69 Å². The molecule has 26 heavy (non-hydrogen) atoms. The van der Waals surface area contributed by atoms with Crippen LogP contribution in [0.3, 0.4) is 0 Å². The van der Waals surface area contributed by atoms with Gasteiger partial charge < -0.3 is 15.1 Å². The van der Waals surface area contributed by atoms with Gasteiger partial charge in [-0.15, -0.1) is 0 Å². The molecule has 1 heterocycles. The van der Waals surface area contributed by atoms with Crippen LogP contribution in [0.2, 0.25) is 0 Å². The molecule has 2 rings (SSSR count). The molecule has 4 nitrogen and oxygen atoms in total. The summed E-state index contributed by atoms with van der Waals surface area (Å²) in [5, 5.41) is 4.14. The van der Waals surface area contributed by atoms with Crippen molar-refractivity contribution in [2.75, 3.05) is 32.5 Å². The fraction of sp³-hybridized carbons (Fsp3) is 0.429. The number of benzene rings is 1. The molecule has 2 aromatic rings. The van der Waals surface area contributed by atoms with Crippen molar-refractivity contribution in [3.8, 4) is 0 Å². The fourth-order valence-electron chi connectivity index (χ4n) is 2.73. The number of hydrogen-bond donors (Lipinski definition) is 1. The number of anilines is 1. The van der Waals surface area contributed by atoms with Crippen LogP contribution < -0.4 is 5.32 Å². The fourth-order valence-corrected chi connectivity index (χ4v) is 3.10. The van der Waals surface area contributed by atoms with Gasteiger partial charge in [-0.2, -0.15) is 0 Å². The zero-order valence-electron chi connectivity index (χ0n) is 16.4. The molecule has 1 unspecified atom stereocenters. The number of aromatic nitrogens is 1. The average Bonchev–Trinajstić information content (AvgIpc) is 2.62. The number of rotatable bonds is 7. The maximum Gasteiger partial charge on any atom is 0.173 e. The number of pyridine rings is 1. The van der Waals surface area contributed by atoms with Gasteiger partial charge in [0.15, 0.2) is 5.11 Å². The molecular formula is C21H30N4S. The van der Waals surface area contributed by atoms with Crippen LogP contribution in [-0.2, 0) is 0 Å². The molecule has 5 heteroatoms. The van der Waals surface area contributed by atoms with Gasteiger partial charge >= 0.3 is 0 Å². The van der Waals surface area contributed by atoms with Crippen LogP contribution in [0, 0.1) is 0 Å². The number of likely N-dealkylation sites (N-methyl/N-ethyl adjacent to an activating group) is 1. The summed E-state index contributed by atoms with van der Waals surface area (Å²) in [5.74, 6) is 0.526. The second-order valence-corrected chi connectivity index (χ2v) is 7.55. The zero-order valence-corrected chi connectivity index (χ0v) is 17.3. The third kappa shape index (κ3) is 5.78. The molecule has 0 aliphatic heterocycles. The Bertz CT molecular complexity index is 683. The molecule has 0 aliphatic carbocycles. The summed E-state index contributed by atoms with van der Waals surface area (Å²) in [6.45, 7) is 8.34.